The van der Waals surface area contributed by atoms with E-state index >= 15 is 0 Å². The molecule has 3 unspecified atom stereocenters. The Morgan fingerprint density at radius 1 is 1.34 bits per heavy atom. The molecule has 0 aliphatic carbocycles. The molecule has 2 bridgehead atoms. The summed E-state index contributed by atoms with van der Waals surface area (Å²) in [6.07, 6.45) is 9.59. The van der Waals surface area contributed by atoms with Crippen molar-refractivity contribution in [1.82, 2.24) is 4.98 Å². The molecule has 5 atom stereocenters. The maximum absolute atomic E-state index is 11.7. The van der Waals surface area contributed by atoms with Crippen LogP contribution in [0.1, 0.15) is 50.7 Å². The summed E-state index contributed by atoms with van der Waals surface area (Å²) in [6.45, 7) is 9.87. The number of nitrogens with zero attached hydrogens (tertiary/aromatic N) is 2. The molecule has 1 aromatic carbocycles. The van der Waals surface area contributed by atoms with Gasteiger partial charge >= 0.3 is 0 Å². The van der Waals surface area contributed by atoms with Crippen molar-refractivity contribution in [3.63, 3.8) is 0 Å². The Bertz CT molecular complexity index is 867. The minimum Gasteiger partial charge on any atom is -0.497 e. The number of pyridine rings is 1. The van der Waals surface area contributed by atoms with E-state index in [-0.39, 0.29) is 6.04 Å². The highest BCUT2D eigenvalue weighted by Gasteiger charge is 2.53. The van der Waals surface area contributed by atoms with Crippen molar-refractivity contribution < 1.29 is 14.3 Å². The van der Waals surface area contributed by atoms with Gasteiger partial charge in [-0.2, -0.15) is 0 Å². The fraction of sp³-hybridized carbons (Fsp3) is 0.560. The highest BCUT2D eigenvalue weighted by molar-refractivity contribution is 5.83. The number of aliphatic hydroxyl groups excluding tert-OH is 1. The first-order chi connectivity index (χ1) is 14.1. The van der Waals surface area contributed by atoms with Gasteiger partial charge in [-0.05, 0) is 48.6 Å². The first-order valence-corrected chi connectivity index (χ1v) is 11.2. The smallest absolute Gasteiger partial charge is 0.131 e. The Labute approximate surface area is 174 Å². The predicted molar refractivity (Wildman–Crippen MR) is 118 cm³/mol. The molecule has 4 heterocycles. The molecule has 1 N–H and O–H groups in total. The van der Waals surface area contributed by atoms with E-state index in [9.17, 15) is 5.11 Å². The van der Waals surface area contributed by atoms with Crippen molar-refractivity contribution in [2.45, 2.75) is 51.2 Å². The van der Waals surface area contributed by atoms with Gasteiger partial charge in [-0.25, -0.2) is 0 Å². The molecule has 3 saturated heterocycles. The second-order valence-electron chi connectivity index (χ2n) is 9.03. The number of ether oxygens (including phenoxy) is 1. The highest BCUT2D eigenvalue weighted by Crippen LogP contribution is 2.47. The van der Waals surface area contributed by atoms with Crippen molar-refractivity contribution in [3.05, 3.63) is 48.7 Å². The SMILES string of the molecule is C=CC1C[N+]2(CCCCC)CCC1C[C@@H]2[C@@H](O)c1ccnc2ccc(OC)cc12. The van der Waals surface area contributed by atoms with Crippen LogP contribution >= 0.6 is 0 Å². The zero-order valence-electron chi connectivity index (χ0n) is 17.9. The van der Waals surface area contributed by atoms with Gasteiger partial charge in [-0.15, -0.1) is 6.58 Å². The van der Waals surface area contributed by atoms with Crippen molar-refractivity contribution in [1.29, 1.82) is 0 Å². The Balaban J connectivity index is 1.70. The van der Waals surface area contributed by atoms with Gasteiger partial charge in [-0.3, -0.25) is 4.98 Å². The number of fused-ring (bicyclic) bond motifs is 4. The average Bonchev–Trinajstić information content (AvgIpc) is 2.78. The van der Waals surface area contributed by atoms with E-state index in [1.165, 1.54) is 38.8 Å². The van der Waals surface area contributed by atoms with Crippen molar-refractivity contribution in [3.8, 4) is 5.75 Å². The van der Waals surface area contributed by atoms with E-state index in [4.69, 9.17) is 4.74 Å². The largest absolute Gasteiger partial charge is 0.497 e. The number of rotatable bonds is 8. The molecule has 5 rings (SSSR count). The summed E-state index contributed by atoms with van der Waals surface area (Å²) in [4.78, 5) is 4.51. The maximum Gasteiger partial charge on any atom is 0.131 e. The highest BCUT2D eigenvalue weighted by atomic mass is 16.5. The van der Waals surface area contributed by atoms with E-state index in [0.717, 1.165) is 39.7 Å². The van der Waals surface area contributed by atoms with E-state index in [1.54, 1.807) is 7.11 Å². The van der Waals surface area contributed by atoms with Crippen LogP contribution in [0.5, 0.6) is 5.75 Å². The molecular weight excluding hydrogens is 360 g/mol. The lowest BCUT2D eigenvalue weighted by Crippen LogP contribution is -2.68. The van der Waals surface area contributed by atoms with Crippen LogP contribution in [0.25, 0.3) is 10.9 Å². The number of methoxy groups -OCH3 is 1. The van der Waals surface area contributed by atoms with Crippen LogP contribution in [-0.2, 0) is 0 Å². The van der Waals surface area contributed by atoms with Crippen LogP contribution in [0.3, 0.4) is 0 Å². The Morgan fingerprint density at radius 3 is 2.97 bits per heavy atom. The summed E-state index contributed by atoms with van der Waals surface area (Å²) in [5.41, 5.74) is 1.91. The number of hydrogen-bond donors (Lipinski definition) is 1. The number of unbranched alkanes of at least 4 members (excludes halogenated alkanes) is 2. The molecule has 0 saturated carbocycles. The lowest BCUT2D eigenvalue weighted by Gasteiger charge is -2.58. The van der Waals surface area contributed by atoms with Crippen LogP contribution in [0.15, 0.2) is 43.1 Å². The quantitative estimate of drug-likeness (QED) is 0.394. The molecular formula is C25H35N2O2+. The summed E-state index contributed by atoms with van der Waals surface area (Å²) in [6, 6.07) is 8.19. The topological polar surface area (TPSA) is 42.4 Å². The van der Waals surface area contributed by atoms with Gasteiger partial charge in [0.25, 0.3) is 0 Å². The molecule has 1 aromatic heterocycles. The van der Waals surface area contributed by atoms with Crippen molar-refractivity contribution in [2.75, 3.05) is 26.7 Å². The minimum atomic E-state index is -0.484. The summed E-state index contributed by atoms with van der Waals surface area (Å²) in [5.74, 6) is 2.05. The third kappa shape index (κ3) is 3.69. The lowest BCUT2D eigenvalue weighted by molar-refractivity contribution is -0.973. The van der Waals surface area contributed by atoms with Crippen LogP contribution in [0.4, 0.5) is 0 Å². The standard InChI is InChI=1S/C25H35N2O2/c1-4-6-7-13-27-14-11-19(18(5-2)17-27)15-24(27)25(28)21-10-12-26-23-9-8-20(29-3)16-22(21)23/h5,8-10,12,16,18-19,24-25,28H,2,4,6-7,11,13-15,17H2,1,3H3/q+1/t18?,19?,24-,25+,27?/m1/s1. The number of aromatic nitrogens is 1. The van der Waals surface area contributed by atoms with Crippen molar-refractivity contribution in [2.24, 2.45) is 11.8 Å². The van der Waals surface area contributed by atoms with Crippen molar-refractivity contribution >= 4 is 10.9 Å². The third-order valence-electron chi connectivity index (χ3n) is 7.55. The second-order valence-corrected chi connectivity index (χ2v) is 9.03. The van der Waals surface area contributed by atoms with Gasteiger partial charge in [0.15, 0.2) is 0 Å². The third-order valence-corrected chi connectivity index (χ3v) is 7.55. The average molecular weight is 396 g/mol. The van der Waals surface area contributed by atoms with E-state index < -0.39 is 6.10 Å². The molecule has 4 nitrogen and oxygen atoms in total. The zero-order valence-corrected chi connectivity index (χ0v) is 17.9. The fourth-order valence-corrected chi connectivity index (χ4v) is 5.90. The Kier molecular flexibility index (Phi) is 5.93. The number of benzene rings is 1. The molecule has 0 amide bonds. The van der Waals surface area contributed by atoms with Gasteiger partial charge in [0.1, 0.15) is 17.9 Å². The van der Waals surface area contributed by atoms with Gasteiger partial charge in [0.2, 0.25) is 0 Å². The molecule has 0 spiro atoms. The minimum absolute atomic E-state index is 0.249. The number of piperidine rings is 3. The van der Waals surface area contributed by atoms with Crippen LogP contribution in [0, 0.1) is 11.8 Å². The molecule has 3 aliphatic heterocycles. The van der Waals surface area contributed by atoms with Gasteiger partial charge < -0.3 is 14.3 Å². The number of quaternary nitrogens is 1. The summed E-state index contributed by atoms with van der Waals surface area (Å²) >= 11 is 0. The predicted octanol–water partition coefficient (Wildman–Crippen LogP) is 4.88. The van der Waals surface area contributed by atoms with Crippen LogP contribution in [0.2, 0.25) is 0 Å². The van der Waals surface area contributed by atoms with Crippen LogP contribution < -0.4 is 4.74 Å². The molecule has 29 heavy (non-hydrogen) atoms. The Morgan fingerprint density at radius 2 is 2.21 bits per heavy atom. The van der Waals surface area contributed by atoms with E-state index in [2.05, 4.69) is 24.6 Å². The Hall–Kier alpha value is -1.91. The molecule has 2 aromatic rings. The summed E-state index contributed by atoms with van der Waals surface area (Å²) in [7, 11) is 1.68. The summed E-state index contributed by atoms with van der Waals surface area (Å²) in [5, 5.41) is 12.7. The normalized spacial score (nSPS) is 29.7. The summed E-state index contributed by atoms with van der Waals surface area (Å²) < 4.78 is 6.49. The van der Waals surface area contributed by atoms with Gasteiger partial charge in [0.05, 0.1) is 32.3 Å². The monoisotopic (exact) mass is 395 g/mol. The van der Waals surface area contributed by atoms with E-state index in [1.807, 2.05) is 30.5 Å². The zero-order chi connectivity index (χ0) is 20.4. The molecule has 3 aliphatic rings. The second kappa shape index (κ2) is 8.45. The number of aliphatic hydroxyl groups is 1. The molecule has 0 radical (unpaired) electrons. The molecule has 156 valence electrons. The van der Waals surface area contributed by atoms with Gasteiger partial charge in [0, 0.05) is 30.3 Å². The van der Waals surface area contributed by atoms with E-state index in [0.29, 0.717) is 11.8 Å². The number of hydrogen-bond acceptors (Lipinski definition) is 3. The maximum atomic E-state index is 11.7. The fourth-order valence-electron chi connectivity index (χ4n) is 5.90. The first-order valence-electron chi connectivity index (χ1n) is 11.2. The lowest BCUT2D eigenvalue weighted by atomic mass is 9.71. The molecule has 4 heteroatoms. The molecule has 3 fully saturated rings. The van der Waals surface area contributed by atoms with Gasteiger partial charge in [-0.1, -0.05) is 19.4 Å². The van der Waals surface area contributed by atoms with Crippen LogP contribution in [-0.4, -0.2) is 47.4 Å². The first kappa shape index (κ1) is 20.4.